The third-order valence-corrected chi connectivity index (χ3v) is 2.88. The number of carbonyl (C=O) groups excluding carboxylic acids is 1. The first kappa shape index (κ1) is 13.6. The van der Waals surface area contributed by atoms with Crippen molar-refractivity contribution in [3.05, 3.63) is 70.0 Å². The van der Waals surface area contributed by atoms with Crippen LogP contribution < -0.4 is 0 Å². The third-order valence-electron chi connectivity index (χ3n) is 2.59. The molecule has 0 N–H and O–H groups in total. The van der Waals surface area contributed by atoms with Gasteiger partial charge < -0.3 is 0 Å². The molecule has 2 aromatic carbocycles. The average molecular weight is 285 g/mol. The van der Waals surface area contributed by atoms with Gasteiger partial charge >= 0.3 is 0 Å². The van der Waals surface area contributed by atoms with E-state index < -0.39 is 17.5 Å². The number of Topliss-reactive ketones (excluding diaryl/α,β-unsaturated/α-hetero) is 1. The fourth-order valence-electron chi connectivity index (χ4n) is 1.61. The summed E-state index contributed by atoms with van der Waals surface area (Å²) in [5, 5.41) is -0.156. The number of halogens is 4. The predicted octanol–water partition coefficient (Wildman–Crippen LogP) is 4.18. The lowest BCUT2D eigenvalue weighted by atomic mass is 10.0. The number of ketones is 1. The van der Waals surface area contributed by atoms with E-state index in [2.05, 4.69) is 0 Å². The third kappa shape index (κ3) is 3.15. The topological polar surface area (TPSA) is 17.1 Å². The van der Waals surface area contributed by atoms with E-state index in [9.17, 15) is 18.0 Å². The first-order chi connectivity index (χ1) is 8.97. The van der Waals surface area contributed by atoms with Crippen molar-refractivity contribution in [1.82, 2.24) is 0 Å². The highest BCUT2D eigenvalue weighted by molar-refractivity contribution is 6.31. The summed E-state index contributed by atoms with van der Waals surface area (Å²) in [6.07, 6.45) is -0.112. The van der Waals surface area contributed by atoms with E-state index >= 15 is 0 Å². The zero-order valence-electron chi connectivity index (χ0n) is 9.59. The van der Waals surface area contributed by atoms with Crippen molar-refractivity contribution in [3.8, 4) is 0 Å². The van der Waals surface area contributed by atoms with Gasteiger partial charge in [-0.3, -0.25) is 4.79 Å². The fourth-order valence-corrected chi connectivity index (χ4v) is 1.79. The minimum atomic E-state index is -1.01. The van der Waals surface area contributed by atoms with Crippen molar-refractivity contribution >= 4 is 17.4 Å². The number of rotatable bonds is 3. The highest BCUT2D eigenvalue weighted by Crippen LogP contribution is 2.18. The summed E-state index contributed by atoms with van der Waals surface area (Å²) in [4.78, 5) is 11.9. The van der Waals surface area contributed by atoms with Crippen LogP contribution in [0.3, 0.4) is 0 Å². The van der Waals surface area contributed by atoms with Gasteiger partial charge in [0.05, 0.1) is 5.02 Å². The first-order valence-electron chi connectivity index (χ1n) is 5.39. The largest absolute Gasteiger partial charge is 0.294 e. The molecule has 2 rings (SSSR count). The molecule has 0 aliphatic rings. The molecule has 19 heavy (non-hydrogen) atoms. The van der Waals surface area contributed by atoms with Crippen LogP contribution in [0.25, 0.3) is 0 Å². The smallest absolute Gasteiger partial charge is 0.167 e. The molecule has 0 aliphatic heterocycles. The van der Waals surface area contributed by atoms with E-state index in [4.69, 9.17) is 11.6 Å². The second-order valence-electron chi connectivity index (χ2n) is 3.98. The van der Waals surface area contributed by atoms with Crippen molar-refractivity contribution in [2.24, 2.45) is 0 Å². The molecule has 98 valence electrons. The lowest BCUT2D eigenvalue weighted by molar-refractivity contribution is 0.0993. The van der Waals surface area contributed by atoms with E-state index in [-0.39, 0.29) is 22.8 Å². The quantitative estimate of drug-likeness (QED) is 0.773. The minimum Gasteiger partial charge on any atom is -0.294 e. The number of hydrogen-bond donors (Lipinski definition) is 0. The number of carbonyl (C=O) groups is 1. The lowest BCUT2D eigenvalue weighted by Crippen LogP contribution is -2.04. The van der Waals surface area contributed by atoms with Gasteiger partial charge in [-0.1, -0.05) is 17.7 Å². The summed E-state index contributed by atoms with van der Waals surface area (Å²) < 4.78 is 38.7. The van der Waals surface area contributed by atoms with E-state index in [1.807, 2.05) is 0 Å². The summed E-state index contributed by atoms with van der Waals surface area (Å²) in [6, 6.07) is 6.82. The molecule has 0 saturated carbocycles. The lowest BCUT2D eigenvalue weighted by Gasteiger charge is -2.03. The first-order valence-corrected chi connectivity index (χ1v) is 5.77. The van der Waals surface area contributed by atoms with Gasteiger partial charge in [0.15, 0.2) is 17.4 Å². The molecule has 0 heterocycles. The molecule has 0 fully saturated rings. The summed E-state index contributed by atoms with van der Waals surface area (Å²) in [6.45, 7) is 0. The van der Waals surface area contributed by atoms with Crippen LogP contribution in [0.1, 0.15) is 15.9 Å². The molecule has 0 aliphatic carbocycles. The second kappa shape index (κ2) is 5.45. The monoisotopic (exact) mass is 284 g/mol. The Morgan fingerprint density at radius 3 is 2.26 bits per heavy atom. The van der Waals surface area contributed by atoms with Crippen molar-refractivity contribution in [2.45, 2.75) is 6.42 Å². The van der Waals surface area contributed by atoms with Gasteiger partial charge in [-0.25, -0.2) is 13.2 Å². The van der Waals surface area contributed by atoms with Crippen LogP contribution in [0.5, 0.6) is 0 Å². The van der Waals surface area contributed by atoms with Gasteiger partial charge in [-0.05, 0) is 35.9 Å². The molecule has 5 heteroatoms. The Bertz CT molecular complexity index is 641. The molecule has 1 nitrogen and oxygen atoms in total. The van der Waals surface area contributed by atoms with E-state index in [1.165, 1.54) is 18.2 Å². The normalized spacial score (nSPS) is 10.5. The molecular weight excluding hydrogens is 277 g/mol. The Kier molecular flexibility index (Phi) is 3.90. The van der Waals surface area contributed by atoms with Gasteiger partial charge in [0.2, 0.25) is 0 Å². The SMILES string of the molecule is O=C(Cc1ccc(F)c(F)c1)c1ccc(F)c(Cl)c1. The van der Waals surface area contributed by atoms with Gasteiger partial charge in [0.1, 0.15) is 5.82 Å². The van der Waals surface area contributed by atoms with E-state index in [1.54, 1.807) is 0 Å². The molecule has 0 unspecified atom stereocenters. The Labute approximate surface area is 112 Å². The van der Waals surface area contributed by atoms with Gasteiger partial charge in [0, 0.05) is 12.0 Å². The Morgan fingerprint density at radius 1 is 0.947 bits per heavy atom. The van der Waals surface area contributed by atoms with Crippen molar-refractivity contribution in [1.29, 1.82) is 0 Å². The Morgan fingerprint density at radius 2 is 1.63 bits per heavy atom. The van der Waals surface area contributed by atoms with E-state index in [0.717, 1.165) is 18.2 Å². The predicted molar refractivity (Wildman–Crippen MR) is 65.8 cm³/mol. The highest BCUT2D eigenvalue weighted by atomic mass is 35.5. The van der Waals surface area contributed by atoms with Crippen LogP contribution in [-0.2, 0) is 6.42 Å². The van der Waals surface area contributed by atoms with Crippen LogP contribution in [0.4, 0.5) is 13.2 Å². The van der Waals surface area contributed by atoms with Gasteiger partial charge in [-0.15, -0.1) is 0 Å². The molecule has 0 radical (unpaired) electrons. The maximum absolute atomic E-state index is 13.0. The standard InChI is InChI=1S/C14H8ClF3O/c15-10-7-9(2-4-11(10)16)14(19)6-8-1-3-12(17)13(18)5-8/h1-5,7H,6H2. The molecule has 0 saturated heterocycles. The summed E-state index contributed by atoms with van der Waals surface area (Å²) in [5.41, 5.74) is 0.556. The van der Waals surface area contributed by atoms with Crippen LogP contribution in [0, 0.1) is 17.5 Å². The molecule has 0 aromatic heterocycles. The van der Waals surface area contributed by atoms with Crippen LogP contribution in [0.2, 0.25) is 5.02 Å². The van der Waals surface area contributed by atoms with Crippen molar-refractivity contribution < 1.29 is 18.0 Å². The Balaban J connectivity index is 2.20. The minimum absolute atomic E-state index is 0.112. The van der Waals surface area contributed by atoms with Gasteiger partial charge in [0.25, 0.3) is 0 Å². The number of benzene rings is 2. The summed E-state index contributed by atoms with van der Waals surface area (Å²) >= 11 is 5.57. The Hall–Kier alpha value is -1.81. The zero-order chi connectivity index (χ0) is 14.0. The highest BCUT2D eigenvalue weighted by Gasteiger charge is 2.11. The molecule has 0 spiro atoms. The molecule has 0 bridgehead atoms. The van der Waals surface area contributed by atoms with Gasteiger partial charge in [-0.2, -0.15) is 0 Å². The molecular formula is C14H8ClF3O. The molecule has 2 aromatic rings. The van der Waals surface area contributed by atoms with Crippen LogP contribution >= 0.6 is 11.6 Å². The summed E-state index contributed by atoms with van der Waals surface area (Å²) in [7, 11) is 0. The van der Waals surface area contributed by atoms with Crippen molar-refractivity contribution in [3.63, 3.8) is 0 Å². The maximum Gasteiger partial charge on any atom is 0.167 e. The van der Waals surface area contributed by atoms with Crippen LogP contribution in [-0.4, -0.2) is 5.78 Å². The average Bonchev–Trinajstić information content (AvgIpc) is 2.37. The summed E-state index contributed by atoms with van der Waals surface area (Å²) in [5.74, 6) is -2.96. The van der Waals surface area contributed by atoms with Crippen LogP contribution in [0.15, 0.2) is 36.4 Å². The van der Waals surface area contributed by atoms with E-state index in [0.29, 0.717) is 5.56 Å². The van der Waals surface area contributed by atoms with Crippen molar-refractivity contribution in [2.75, 3.05) is 0 Å². The fraction of sp³-hybridized carbons (Fsp3) is 0.0714. The molecule has 0 amide bonds. The zero-order valence-corrected chi connectivity index (χ0v) is 10.3. The maximum atomic E-state index is 13.0. The number of hydrogen-bond acceptors (Lipinski definition) is 1. The molecule has 0 atom stereocenters. The second-order valence-corrected chi connectivity index (χ2v) is 4.38.